The first-order valence-electron chi connectivity index (χ1n) is 4.59. The molecule has 96 valence electrons. The highest BCUT2D eigenvalue weighted by Crippen LogP contribution is 2.27. The van der Waals surface area contributed by atoms with E-state index in [1.54, 1.807) is 0 Å². The maximum atomic E-state index is 11.0. The van der Waals surface area contributed by atoms with Crippen molar-refractivity contribution < 1.29 is 24.2 Å². The van der Waals surface area contributed by atoms with Crippen molar-refractivity contribution in [3.8, 4) is 5.75 Å². The second-order valence-corrected chi connectivity index (χ2v) is 3.61. The maximum absolute atomic E-state index is 11.0. The first kappa shape index (κ1) is 13.7. The van der Waals surface area contributed by atoms with E-state index in [1.165, 1.54) is 12.1 Å². The summed E-state index contributed by atoms with van der Waals surface area (Å²) in [6.45, 7) is 0. The van der Waals surface area contributed by atoms with Crippen LogP contribution >= 0.6 is 12.2 Å². The molecule has 1 aromatic rings. The van der Waals surface area contributed by atoms with Crippen LogP contribution in [0.4, 0.5) is 10.5 Å². The molecule has 8 heteroatoms. The van der Waals surface area contributed by atoms with Gasteiger partial charge < -0.3 is 26.0 Å². The lowest BCUT2D eigenvalue weighted by atomic mass is 10.1. The molecular formula is C10H10N2O5S. The van der Waals surface area contributed by atoms with Crippen LogP contribution < -0.4 is 16.2 Å². The summed E-state index contributed by atoms with van der Waals surface area (Å²) in [4.78, 5) is 21.8. The Bertz CT molecular complexity index is 529. The zero-order chi connectivity index (χ0) is 13.9. The fourth-order valence-corrected chi connectivity index (χ4v) is 1.48. The van der Waals surface area contributed by atoms with Crippen LogP contribution in [0, 0.1) is 0 Å². The van der Waals surface area contributed by atoms with E-state index in [4.69, 9.17) is 33.5 Å². The number of nitrogen functional groups attached to an aromatic ring is 1. The van der Waals surface area contributed by atoms with Gasteiger partial charge in [-0.25, -0.2) is 9.59 Å². The van der Waals surface area contributed by atoms with E-state index >= 15 is 0 Å². The number of thiocarbonyl (C=S) groups is 1. The molecule has 0 saturated heterocycles. The van der Waals surface area contributed by atoms with Crippen molar-refractivity contribution in [3.63, 3.8) is 0 Å². The normalized spacial score (nSPS) is 9.61. The van der Waals surface area contributed by atoms with Crippen molar-refractivity contribution in [2.75, 3.05) is 12.8 Å². The highest BCUT2D eigenvalue weighted by Gasteiger charge is 2.20. The van der Waals surface area contributed by atoms with Gasteiger partial charge in [-0.3, -0.25) is 0 Å². The second kappa shape index (κ2) is 5.32. The van der Waals surface area contributed by atoms with E-state index in [-0.39, 0.29) is 27.6 Å². The predicted molar refractivity (Wildman–Crippen MR) is 66.7 cm³/mol. The third-order valence-corrected chi connectivity index (χ3v) is 2.17. The molecule has 7 nitrogen and oxygen atoms in total. The van der Waals surface area contributed by atoms with Crippen LogP contribution in [0.1, 0.15) is 15.9 Å². The molecule has 0 amide bonds. The average molecular weight is 270 g/mol. The molecule has 5 N–H and O–H groups in total. The number of rotatable bonds is 3. The van der Waals surface area contributed by atoms with Gasteiger partial charge in [-0.2, -0.15) is 0 Å². The Morgan fingerprint density at radius 3 is 2.44 bits per heavy atom. The van der Waals surface area contributed by atoms with E-state index in [9.17, 15) is 9.59 Å². The first-order chi connectivity index (χ1) is 8.36. The standard InChI is InChI=1S/C10H10N2O5S/c1-16-10(15)17-6-3-4(11)2-5(9(13)14)7(6)8(12)18/h2-3H,11H2,1H3,(H2,12,18)(H,13,14). The molecule has 0 radical (unpaired) electrons. The molecule has 0 bridgehead atoms. The van der Waals surface area contributed by atoms with Gasteiger partial charge >= 0.3 is 12.1 Å². The minimum absolute atomic E-state index is 0.0860. The van der Waals surface area contributed by atoms with Gasteiger partial charge in [0.1, 0.15) is 10.7 Å². The summed E-state index contributed by atoms with van der Waals surface area (Å²) >= 11 is 4.73. The summed E-state index contributed by atoms with van der Waals surface area (Å²) in [5, 5.41) is 9.01. The summed E-state index contributed by atoms with van der Waals surface area (Å²) in [5.74, 6) is -1.45. The number of nitrogens with two attached hydrogens (primary N) is 2. The number of hydrogen-bond acceptors (Lipinski definition) is 6. The summed E-state index contributed by atoms with van der Waals surface area (Å²) in [6.07, 6.45) is -1.03. The fraction of sp³-hybridized carbons (Fsp3) is 0.100. The van der Waals surface area contributed by atoms with Crippen molar-refractivity contribution in [1.29, 1.82) is 0 Å². The van der Waals surface area contributed by atoms with Gasteiger partial charge in [0, 0.05) is 11.8 Å². The Labute approximate surface area is 107 Å². The number of methoxy groups -OCH3 is 1. The third kappa shape index (κ3) is 2.86. The van der Waals surface area contributed by atoms with Crippen LogP contribution in [0.15, 0.2) is 12.1 Å². The van der Waals surface area contributed by atoms with Crippen LogP contribution in [0.5, 0.6) is 5.75 Å². The minimum atomic E-state index is -1.29. The summed E-state index contributed by atoms with van der Waals surface area (Å²) in [7, 11) is 1.10. The Kier molecular flexibility index (Phi) is 4.05. The molecule has 1 aromatic carbocycles. The van der Waals surface area contributed by atoms with Crippen LogP contribution in [-0.2, 0) is 4.74 Å². The Morgan fingerprint density at radius 2 is 2.00 bits per heavy atom. The molecule has 0 unspecified atom stereocenters. The number of carbonyl (C=O) groups is 2. The largest absolute Gasteiger partial charge is 0.513 e. The van der Waals surface area contributed by atoms with Gasteiger partial charge in [0.15, 0.2) is 0 Å². The van der Waals surface area contributed by atoms with E-state index < -0.39 is 12.1 Å². The van der Waals surface area contributed by atoms with Crippen LogP contribution in [0.3, 0.4) is 0 Å². The number of carboxylic acids is 1. The Morgan fingerprint density at radius 1 is 1.39 bits per heavy atom. The molecule has 0 saturated carbocycles. The molecular weight excluding hydrogens is 260 g/mol. The number of carbonyl (C=O) groups excluding carboxylic acids is 1. The van der Waals surface area contributed by atoms with Gasteiger partial charge in [-0.15, -0.1) is 0 Å². The van der Waals surface area contributed by atoms with Crippen molar-refractivity contribution in [2.45, 2.75) is 0 Å². The van der Waals surface area contributed by atoms with Gasteiger partial charge in [-0.05, 0) is 6.07 Å². The molecule has 0 heterocycles. The zero-order valence-electron chi connectivity index (χ0n) is 9.30. The van der Waals surface area contributed by atoms with Gasteiger partial charge in [0.25, 0.3) is 0 Å². The maximum Gasteiger partial charge on any atom is 0.513 e. The van der Waals surface area contributed by atoms with Crippen LogP contribution in [0.2, 0.25) is 0 Å². The van der Waals surface area contributed by atoms with Crippen LogP contribution in [-0.4, -0.2) is 29.3 Å². The molecule has 0 aliphatic heterocycles. The molecule has 18 heavy (non-hydrogen) atoms. The molecule has 0 aliphatic rings. The van der Waals surface area contributed by atoms with Gasteiger partial charge in [-0.1, -0.05) is 12.2 Å². The topological polar surface area (TPSA) is 125 Å². The van der Waals surface area contributed by atoms with Gasteiger partial charge in [0.05, 0.1) is 18.2 Å². The number of aromatic carboxylic acids is 1. The summed E-state index contributed by atoms with van der Waals surface area (Å²) in [5.41, 5.74) is 10.7. The van der Waals surface area contributed by atoms with Crippen molar-refractivity contribution in [1.82, 2.24) is 0 Å². The first-order valence-corrected chi connectivity index (χ1v) is 5.00. The molecule has 1 rings (SSSR count). The van der Waals surface area contributed by atoms with Crippen molar-refractivity contribution in [2.24, 2.45) is 5.73 Å². The molecule has 0 fully saturated rings. The number of anilines is 1. The van der Waals surface area contributed by atoms with Gasteiger partial charge in [0.2, 0.25) is 0 Å². The SMILES string of the molecule is COC(=O)Oc1cc(N)cc(C(=O)O)c1C(N)=S. The van der Waals surface area contributed by atoms with E-state index in [2.05, 4.69) is 4.74 Å². The lowest BCUT2D eigenvalue weighted by Gasteiger charge is -2.12. The number of carboxylic acid groups (broad SMARTS) is 1. The van der Waals surface area contributed by atoms with E-state index in [1.807, 2.05) is 0 Å². The minimum Gasteiger partial charge on any atom is -0.478 e. The lowest BCUT2D eigenvalue weighted by molar-refractivity contribution is 0.0695. The second-order valence-electron chi connectivity index (χ2n) is 3.17. The number of ether oxygens (including phenoxy) is 2. The molecule has 0 atom stereocenters. The fourth-order valence-electron chi connectivity index (χ4n) is 1.27. The lowest BCUT2D eigenvalue weighted by Crippen LogP contribution is -2.19. The highest BCUT2D eigenvalue weighted by molar-refractivity contribution is 7.80. The third-order valence-electron chi connectivity index (χ3n) is 1.96. The zero-order valence-corrected chi connectivity index (χ0v) is 10.1. The van der Waals surface area contributed by atoms with E-state index in [0.717, 1.165) is 7.11 Å². The van der Waals surface area contributed by atoms with E-state index in [0.29, 0.717) is 0 Å². The number of hydrogen-bond donors (Lipinski definition) is 3. The quantitative estimate of drug-likeness (QED) is 0.318. The van der Waals surface area contributed by atoms with Crippen molar-refractivity contribution in [3.05, 3.63) is 23.3 Å². The Balaban J connectivity index is 3.43. The molecule has 0 spiro atoms. The van der Waals surface area contributed by atoms with Crippen molar-refractivity contribution >= 4 is 35.0 Å². The molecule has 0 aliphatic carbocycles. The highest BCUT2D eigenvalue weighted by atomic mass is 32.1. The Hall–Kier alpha value is -2.35. The summed E-state index contributed by atoms with van der Waals surface area (Å²) < 4.78 is 9.05. The molecule has 0 aromatic heterocycles. The average Bonchev–Trinajstić information content (AvgIpc) is 2.27. The predicted octanol–water partition coefficient (Wildman–Crippen LogP) is 0.746. The van der Waals surface area contributed by atoms with Crippen LogP contribution in [0.25, 0.3) is 0 Å². The number of benzene rings is 1. The summed E-state index contributed by atoms with van der Waals surface area (Å²) in [6, 6.07) is 2.40. The monoisotopic (exact) mass is 270 g/mol. The smallest absolute Gasteiger partial charge is 0.478 e.